The van der Waals surface area contributed by atoms with Crippen molar-refractivity contribution in [2.45, 2.75) is 34.1 Å². The Morgan fingerprint density at radius 3 is 2.18 bits per heavy atom. The van der Waals surface area contributed by atoms with Crippen molar-refractivity contribution >= 4 is 5.91 Å². The van der Waals surface area contributed by atoms with Gasteiger partial charge in [0, 0.05) is 13.0 Å². The lowest BCUT2D eigenvalue weighted by atomic mass is 9.85. The van der Waals surface area contributed by atoms with Gasteiger partial charge in [0.1, 0.15) is 0 Å². The SMILES string of the molecule is CNC(=O)C(C)CC(C)(C)C. The molecular formula is C9H19NO. The van der Waals surface area contributed by atoms with Crippen LogP contribution in [0.3, 0.4) is 0 Å². The number of nitrogens with one attached hydrogen (secondary N) is 1. The summed E-state index contributed by atoms with van der Waals surface area (Å²) in [6, 6.07) is 0. The Kier molecular flexibility index (Phi) is 3.56. The number of hydrogen-bond acceptors (Lipinski definition) is 1. The minimum Gasteiger partial charge on any atom is -0.359 e. The molecule has 1 unspecified atom stereocenters. The Morgan fingerprint density at radius 1 is 1.45 bits per heavy atom. The molecule has 0 saturated heterocycles. The molecule has 0 spiro atoms. The lowest BCUT2D eigenvalue weighted by Crippen LogP contribution is -2.28. The first-order chi connectivity index (χ1) is 4.87. The van der Waals surface area contributed by atoms with E-state index < -0.39 is 0 Å². The predicted molar refractivity (Wildman–Crippen MR) is 47.3 cm³/mol. The summed E-state index contributed by atoms with van der Waals surface area (Å²) < 4.78 is 0. The maximum atomic E-state index is 11.1. The molecule has 2 heteroatoms. The average molecular weight is 157 g/mol. The molecule has 0 aromatic rings. The normalized spacial score (nSPS) is 14.3. The van der Waals surface area contributed by atoms with Crippen LogP contribution in [-0.2, 0) is 4.79 Å². The van der Waals surface area contributed by atoms with Crippen molar-refractivity contribution in [3.05, 3.63) is 0 Å². The molecular weight excluding hydrogens is 138 g/mol. The number of rotatable bonds is 2. The molecule has 0 aliphatic carbocycles. The molecule has 0 aliphatic rings. The third-order valence-electron chi connectivity index (χ3n) is 1.61. The Bertz CT molecular complexity index is 135. The Balaban J connectivity index is 3.87. The molecule has 0 radical (unpaired) electrons. The summed E-state index contributed by atoms with van der Waals surface area (Å²) in [4.78, 5) is 11.1. The maximum Gasteiger partial charge on any atom is 0.222 e. The highest BCUT2D eigenvalue weighted by atomic mass is 16.1. The van der Waals surface area contributed by atoms with Gasteiger partial charge in [-0.05, 0) is 11.8 Å². The Morgan fingerprint density at radius 2 is 1.91 bits per heavy atom. The highest BCUT2D eigenvalue weighted by molar-refractivity contribution is 5.77. The van der Waals surface area contributed by atoms with E-state index in [2.05, 4.69) is 26.1 Å². The van der Waals surface area contributed by atoms with Crippen LogP contribution in [0.2, 0.25) is 0 Å². The molecule has 0 aromatic carbocycles. The lowest BCUT2D eigenvalue weighted by molar-refractivity contribution is -0.124. The lowest BCUT2D eigenvalue weighted by Gasteiger charge is -2.21. The summed E-state index contributed by atoms with van der Waals surface area (Å²) >= 11 is 0. The summed E-state index contributed by atoms with van der Waals surface area (Å²) in [5.41, 5.74) is 0.242. The molecule has 11 heavy (non-hydrogen) atoms. The van der Waals surface area contributed by atoms with E-state index in [0.717, 1.165) is 6.42 Å². The van der Waals surface area contributed by atoms with Gasteiger partial charge < -0.3 is 5.32 Å². The fourth-order valence-electron chi connectivity index (χ4n) is 1.26. The van der Waals surface area contributed by atoms with Gasteiger partial charge in [0.05, 0.1) is 0 Å². The molecule has 0 aromatic heterocycles. The zero-order valence-electron chi connectivity index (χ0n) is 8.19. The molecule has 0 heterocycles. The van der Waals surface area contributed by atoms with E-state index >= 15 is 0 Å². The van der Waals surface area contributed by atoms with Crippen molar-refractivity contribution in [3.8, 4) is 0 Å². The van der Waals surface area contributed by atoms with Gasteiger partial charge in [-0.3, -0.25) is 4.79 Å². The van der Waals surface area contributed by atoms with Crippen LogP contribution in [0.5, 0.6) is 0 Å². The molecule has 1 N–H and O–H groups in total. The van der Waals surface area contributed by atoms with Crippen LogP contribution in [0.1, 0.15) is 34.1 Å². The summed E-state index contributed by atoms with van der Waals surface area (Å²) in [6.45, 7) is 8.40. The monoisotopic (exact) mass is 157 g/mol. The summed E-state index contributed by atoms with van der Waals surface area (Å²) in [5, 5.41) is 2.65. The van der Waals surface area contributed by atoms with Crippen molar-refractivity contribution in [1.82, 2.24) is 5.32 Å². The number of amides is 1. The maximum absolute atomic E-state index is 11.1. The molecule has 0 aliphatic heterocycles. The van der Waals surface area contributed by atoms with E-state index in [1.807, 2.05) is 6.92 Å². The smallest absolute Gasteiger partial charge is 0.222 e. The molecule has 0 bridgehead atoms. The third-order valence-corrected chi connectivity index (χ3v) is 1.61. The van der Waals surface area contributed by atoms with Gasteiger partial charge in [0.25, 0.3) is 0 Å². The number of hydrogen-bond donors (Lipinski definition) is 1. The fraction of sp³-hybridized carbons (Fsp3) is 0.889. The molecule has 66 valence electrons. The summed E-state index contributed by atoms with van der Waals surface area (Å²) in [6.07, 6.45) is 0.937. The third kappa shape index (κ3) is 4.82. The van der Waals surface area contributed by atoms with Gasteiger partial charge >= 0.3 is 0 Å². The first-order valence-electron chi connectivity index (χ1n) is 4.08. The zero-order valence-corrected chi connectivity index (χ0v) is 8.19. The quantitative estimate of drug-likeness (QED) is 0.650. The minimum atomic E-state index is 0.125. The van der Waals surface area contributed by atoms with Gasteiger partial charge in [0.2, 0.25) is 5.91 Å². The second-order valence-electron chi connectivity index (χ2n) is 4.28. The van der Waals surface area contributed by atoms with E-state index in [1.165, 1.54) is 0 Å². The van der Waals surface area contributed by atoms with Crippen molar-refractivity contribution in [1.29, 1.82) is 0 Å². The molecule has 0 saturated carbocycles. The van der Waals surface area contributed by atoms with Gasteiger partial charge in [-0.1, -0.05) is 27.7 Å². The van der Waals surface area contributed by atoms with Crippen LogP contribution in [-0.4, -0.2) is 13.0 Å². The molecule has 0 fully saturated rings. The second kappa shape index (κ2) is 3.74. The Hall–Kier alpha value is -0.530. The van der Waals surface area contributed by atoms with E-state index in [-0.39, 0.29) is 17.2 Å². The number of carbonyl (C=O) groups excluding carboxylic acids is 1. The van der Waals surface area contributed by atoms with E-state index in [1.54, 1.807) is 7.05 Å². The van der Waals surface area contributed by atoms with Gasteiger partial charge in [-0.15, -0.1) is 0 Å². The zero-order chi connectivity index (χ0) is 9.07. The van der Waals surface area contributed by atoms with Crippen LogP contribution in [0, 0.1) is 11.3 Å². The highest BCUT2D eigenvalue weighted by Crippen LogP contribution is 2.23. The fourth-order valence-corrected chi connectivity index (χ4v) is 1.26. The van der Waals surface area contributed by atoms with Crippen molar-refractivity contribution in [3.63, 3.8) is 0 Å². The van der Waals surface area contributed by atoms with Gasteiger partial charge in [-0.2, -0.15) is 0 Å². The largest absolute Gasteiger partial charge is 0.359 e. The van der Waals surface area contributed by atoms with Crippen LogP contribution < -0.4 is 5.32 Å². The van der Waals surface area contributed by atoms with E-state index in [4.69, 9.17) is 0 Å². The predicted octanol–water partition coefficient (Wildman–Crippen LogP) is 1.80. The number of carbonyl (C=O) groups is 1. The highest BCUT2D eigenvalue weighted by Gasteiger charge is 2.19. The molecule has 1 amide bonds. The van der Waals surface area contributed by atoms with Gasteiger partial charge in [-0.25, -0.2) is 0 Å². The molecule has 2 nitrogen and oxygen atoms in total. The van der Waals surface area contributed by atoms with Crippen LogP contribution in [0.4, 0.5) is 0 Å². The van der Waals surface area contributed by atoms with Crippen LogP contribution in [0.15, 0.2) is 0 Å². The minimum absolute atomic E-state index is 0.125. The average Bonchev–Trinajstić information content (AvgIpc) is 1.82. The van der Waals surface area contributed by atoms with Gasteiger partial charge in [0.15, 0.2) is 0 Å². The standard InChI is InChI=1S/C9H19NO/c1-7(8(11)10-5)6-9(2,3)4/h7H,6H2,1-5H3,(H,10,11). The van der Waals surface area contributed by atoms with E-state index in [9.17, 15) is 4.79 Å². The molecule has 1 atom stereocenters. The first-order valence-corrected chi connectivity index (χ1v) is 4.08. The topological polar surface area (TPSA) is 29.1 Å². The summed E-state index contributed by atoms with van der Waals surface area (Å²) in [7, 11) is 1.68. The Labute approximate surface area is 69.4 Å². The molecule has 0 rings (SSSR count). The van der Waals surface area contributed by atoms with E-state index in [0.29, 0.717) is 0 Å². The van der Waals surface area contributed by atoms with Crippen LogP contribution in [0.25, 0.3) is 0 Å². The van der Waals surface area contributed by atoms with Crippen molar-refractivity contribution in [2.75, 3.05) is 7.05 Å². The summed E-state index contributed by atoms with van der Waals surface area (Å²) in [5.74, 6) is 0.264. The first kappa shape index (κ1) is 10.5. The van der Waals surface area contributed by atoms with Crippen molar-refractivity contribution in [2.24, 2.45) is 11.3 Å². The van der Waals surface area contributed by atoms with Crippen LogP contribution >= 0.6 is 0 Å². The van der Waals surface area contributed by atoms with Crippen molar-refractivity contribution < 1.29 is 4.79 Å². The second-order valence-corrected chi connectivity index (χ2v) is 4.28.